The molecule has 0 radical (unpaired) electrons. The standard InChI is InChI=1S/C14H18F3NO2/c1-18(10-13(19)20)8-3-2-5-11-6-4-7-12(9-11)14(15,16)17/h4,6-7,9H,2-3,5,8,10H2,1H3,(H,19,20). The normalized spacial score (nSPS) is 11.8. The fraction of sp³-hybridized carbons (Fsp3) is 0.500. The van der Waals surface area contributed by atoms with Gasteiger partial charge in [0.15, 0.2) is 0 Å². The number of aryl methyl sites for hydroxylation is 1. The molecule has 0 atom stereocenters. The minimum Gasteiger partial charge on any atom is -0.480 e. The number of carboxylic acid groups (broad SMARTS) is 1. The molecule has 0 heterocycles. The second kappa shape index (κ2) is 7.28. The van der Waals surface area contributed by atoms with Gasteiger partial charge in [0.1, 0.15) is 0 Å². The largest absolute Gasteiger partial charge is 0.480 e. The molecule has 1 rings (SSSR count). The van der Waals surface area contributed by atoms with Crippen molar-refractivity contribution in [2.45, 2.75) is 25.4 Å². The fourth-order valence-corrected chi connectivity index (χ4v) is 1.92. The van der Waals surface area contributed by atoms with Gasteiger partial charge in [0.25, 0.3) is 0 Å². The van der Waals surface area contributed by atoms with Crippen molar-refractivity contribution in [3.05, 3.63) is 35.4 Å². The van der Waals surface area contributed by atoms with Crippen LogP contribution in [-0.2, 0) is 17.4 Å². The Bertz CT molecular complexity index is 446. The number of carbonyl (C=O) groups is 1. The SMILES string of the molecule is CN(CCCCc1cccc(C(F)(F)F)c1)CC(=O)O. The van der Waals surface area contributed by atoms with Crippen molar-refractivity contribution in [2.75, 3.05) is 20.1 Å². The average Bonchev–Trinajstić information content (AvgIpc) is 2.33. The lowest BCUT2D eigenvalue weighted by atomic mass is 10.0. The highest BCUT2D eigenvalue weighted by Gasteiger charge is 2.30. The minimum atomic E-state index is -4.31. The maximum atomic E-state index is 12.5. The van der Waals surface area contributed by atoms with Crippen LogP contribution in [0.25, 0.3) is 0 Å². The summed E-state index contributed by atoms with van der Waals surface area (Å²) < 4.78 is 37.6. The third-order valence-corrected chi connectivity index (χ3v) is 2.91. The summed E-state index contributed by atoms with van der Waals surface area (Å²) in [6.45, 7) is 0.592. The van der Waals surface area contributed by atoms with E-state index >= 15 is 0 Å². The molecular weight excluding hydrogens is 271 g/mol. The number of rotatable bonds is 7. The minimum absolute atomic E-state index is 0.0242. The molecule has 0 aliphatic rings. The van der Waals surface area contributed by atoms with Crippen LogP contribution in [0, 0.1) is 0 Å². The Morgan fingerprint density at radius 2 is 2.00 bits per heavy atom. The summed E-state index contributed by atoms with van der Waals surface area (Å²) in [5.74, 6) is -0.884. The van der Waals surface area contributed by atoms with Gasteiger partial charge in [-0.05, 0) is 44.5 Å². The molecule has 0 saturated heterocycles. The third-order valence-electron chi connectivity index (χ3n) is 2.91. The predicted molar refractivity (Wildman–Crippen MR) is 69.5 cm³/mol. The molecule has 0 aliphatic carbocycles. The van der Waals surface area contributed by atoms with Crippen LogP contribution in [0.4, 0.5) is 13.2 Å². The Morgan fingerprint density at radius 1 is 1.30 bits per heavy atom. The van der Waals surface area contributed by atoms with Crippen LogP contribution in [0.1, 0.15) is 24.0 Å². The Balaban J connectivity index is 2.37. The second-order valence-corrected chi connectivity index (χ2v) is 4.79. The molecule has 6 heteroatoms. The highest BCUT2D eigenvalue weighted by molar-refractivity contribution is 5.68. The molecule has 0 saturated carbocycles. The van der Waals surface area contributed by atoms with E-state index in [1.54, 1.807) is 18.0 Å². The summed E-state index contributed by atoms with van der Waals surface area (Å²) in [6.07, 6.45) is -2.27. The topological polar surface area (TPSA) is 40.5 Å². The van der Waals surface area contributed by atoms with Crippen LogP contribution in [0.3, 0.4) is 0 Å². The number of benzene rings is 1. The number of unbranched alkanes of at least 4 members (excludes halogenated alkanes) is 1. The molecule has 112 valence electrons. The zero-order valence-corrected chi connectivity index (χ0v) is 11.3. The molecule has 3 nitrogen and oxygen atoms in total. The highest BCUT2D eigenvalue weighted by atomic mass is 19.4. The van der Waals surface area contributed by atoms with Crippen LogP contribution >= 0.6 is 0 Å². The van der Waals surface area contributed by atoms with Crippen molar-refractivity contribution in [1.29, 1.82) is 0 Å². The van der Waals surface area contributed by atoms with E-state index in [0.717, 1.165) is 18.9 Å². The summed E-state index contributed by atoms with van der Waals surface area (Å²) in [5.41, 5.74) is 0.0266. The van der Waals surface area contributed by atoms with E-state index in [0.29, 0.717) is 18.5 Å². The second-order valence-electron chi connectivity index (χ2n) is 4.79. The number of hydrogen-bond acceptors (Lipinski definition) is 2. The van der Waals surface area contributed by atoms with E-state index in [-0.39, 0.29) is 6.54 Å². The number of nitrogens with zero attached hydrogens (tertiary/aromatic N) is 1. The molecule has 0 aliphatic heterocycles. The first-order valence-electron chi connectivity index (χ1n) is 6.35. The quantitative estimate of drug-likeness (QED) is 0.784. The van der Waals surface area contributed by atoms with E-state index in [2.05, 4.69) is 0 Å². The molecule has 0 amide bonds. The summed E-state index contributed by atoms with van der Waals surface area (Å²) in [5, 5.41) is 8.58. The first-order valence-corrected chi connectivity index (χ1v) is 6.35. The molecule has 1 aromatic rings. The van der Waals surface area contributed by atoms with E-state index in [9.17, 15) is 18.0 Å². The summed E-state index contributed by atoms with van der Waals surface area (Å²) >= 11 is 0. The van der Waals surface area contributed by atoms with Gasteiger partial charge in [0, 0.05) is 0 Å². The maximum absolute atomic E-state index is 12.5. The summed E-state index contributed by atoms with van der Waals surface area (Å²) in [7, 11) is 1.71. The van der Waals surface area contributed by atoms with E-state index in [1.807, 2.05) is 0 Å². The lowest BCUT2D eigenvalue weighted by molar-refractivity contribution is -0.138. The molecule has 0 spiro atoms. The Morgan fingerprint density at radius 3 is 2.60 bits per heavy atom. The number of likely N-dealkylation sites (N-methyl/N-ethyl adjacent to an activating group) is 1. The van der Waals surface area contributed by atoms with Crippen LogP contribution in [0.5, 0.6) is 0 Å². The number of halogens is 3. The number of hydrogen-bond donors (Lipinski definition) is 1. The molecule has 20 heavy (non-hydrogen) atoms. The molecular formula is C14H18F3NO2. The average molecular weight is 289 g/mol. The van der Waals surface area contributed by atoms with Gasteiger partial charge in [0.05, 0.1) is 12.1 Å². The first-order chi connectivity index (χ1) is 9.29. The number of aliphatic carboxylic acids is 1. The van der Waals surface area contributed by atoms with Crippen molar-refractivity contribution in [2.24, 2.45) is 0 Å². The van der Waals surface area contributed by atoms with Gasteiger partial charge in [0.2, 0.25) is 0 Å². The van der Waals surface area contributed by atoms with Crippen molar-refractivity contribution in [3.63, 3.8) is 0 Å². The molecule has 1 N–H and O–H groups in total. The van der Waals surface area contributed by atoms with E-state index in [1.165, 1.54) is 12.1 Å². The maximum Gasteiger partial charge on any atom is 0.416 e. The molecule has 1 aromatic carbocycles. The Labute approximate surface area is 116 Å². The van der Waals surface area contributed by atoms with E-state index < -0.39 is 17.7 Å². The number of alkyl halides is 3. The van der Waals surface area contributed by atoms with E-state index in [4.69, 9.17) is 5.11 Å². The molecule has 0 fully saturated rings. The van der Waals surface area contributed by atoms with Crippen molar-refractivity contribution in [1.82, 2.24) is 4.90 Å². The van der Waals surface area contributed by atoms with Gasteiger partial charge < -0.3 is 5.11 Å². The summed E-state index contributed by atoms with van der Waals surface area (Å²) in [6, 6.07) is 5.32. The van der Waals surface area contributed by atoms with Gasteiger partial charge in [-0.3, -0.25) is 9.69 Å². The lowest BCUT2D eigenvalue weighted by Gasteiger charge is -2.13. The monoisotopic (exact) mass is 289 g/mol. The van der Waals surface area contributed by atoms with Crippen molar-refractivity contribution < 1.29 is 23.1 Å². The Hall–Kier alpha value is -1.56. The van der Waals surface area contributed by atoms with Crippen LogP contribution in [0.15, 0.2) is 24.3 Å². The van der Waals surface area contributed by atoms with Crippen LogP contribution in [0.2, 0.25) is 0 Å². The fourth-order valence-electron chi connectivity index (χ4n) is 1.92. The number of carboxylic acids is 1. The zero-order chi connectivity index (χ0) is 15.2. The third kappa shape index (κ3) is 6.06. The van der Waals surface area contributed by atoms with Gasteiger partial charge in [-0.1, -0.05) is 18.2 Å². The zero-order valence-electron chi connectivity index (χ0n) is 11.3. The summed E-state index contributed by atoms with van der Waals surface area (Å²) in [4.78, 5) is 12.1. The lowest BCUT2D eigenvalue weighted by Crippen LogP contribution is -2.26. The Kier molecular flexibility index (Phi) is 6.01. The van der Waals surface area contributed by atoms with Gasteiger partial charge >= 0.3 is 12.1 Å². The van der Waals surface area contributed by atoms with Gasteiger partial charge in [-0.25, -0.2) is 0 Å². The van der Waals surface area contributed by atoms with Crippen molar-refractivity contribution in [3.8, 4) is 0 Å². The van der Waals surface area contributed by atoms with Crippen LogP contribution < -0.4 is 0 Å². The van der Waals surface area contributed by atoms with Gasteiger partial charge in [-0.2, -0.15) is 13.2 Å². The highest BCUT2D eigenvalue weighted by Crippen LogP contribution is 2.29. The molecule has 0 aromatic heterocycles. The predicted octanol–water partition coefficient (Wildman–Crippen LogP) is 3.04. The smallest absolute Gasteiger partial charge is 0.416 e. The van der Waals surface area contributed by atoms with Gasteiger partial charge in [-0.15, -0.1) is 0 Å². The molecule has 0 bridgehead atoms. The van der Waals surface area contributed by atoms with Crippen molar-refractivity contribution >= 4 is 5.97 Å². The van der Waals surface area contributed by atoms with Crippen LogP contribution in [-0.4, -0.2) is 36.1 Å². The first kappa shape index (κ1) is 16.5. The molecule has 0 unspecified atom stereocenters.